The number of alkyl halides is 9. The number of pyridine rings is 1. The standard InChI is InChI=1S/C42H25F9N2/c43-40(44,45)32-15-17-35(18-16-32)53(36-13-7-12-28(23-36)31-21-33(41(46,47)48)25-34(22-31)42(49,50)51)38-19-14-29-20-30(26-8-3-1-4-9-26)24-37(39(29)52-38)27-10-5-2-6-11-27/h1-25H. The first kappa shape index (κ1) is 35.3. The third-order valence-electron chi connectivity index (χ3n) is 8.68. The molecule has 11 heteroatoms. The van der Waals surface area contributed by atoms with E-state index in [4.69, 9.17) is 4.98 Å². The van der Waals surface area contributed by atoms with Crippen molar-refractivity contribution in [1.82, 2.24) is 4.98 Å². The Hall–Kier alpha value is -6.10. The number of aromatic nitrogens is 1. The molecule has 0 N–H and O–H groups in total. The first-order valence-electron chi connectivity index (χ1n) is 16.1. The summed E-state index contributed by atoms with van der Waals surface area (Å²) < 4.78 is 123. The zero-order valence-electron chi connectivity index (χ0n) is 27.2. The van der Waals surface area contributed by atoms with Crippen molar-refractivity contribution >= 4 is 28.1 Å². The Balaban J connectivity index is 1.43. The highest BCUT2D eigenvalue weighted by molar-refractivity contribution is 5.99. The molecule has 53 heavy (non-hydrogen) atoms. The van der Waals surface area contributed by atoms with Crippen LogP contribution in [0.25, 0.3) is 44.3 Å². The molecular formula is C42H25F9N2. The number of rotatable bonds is 6. The molecule has 0 fully saturated rings. The summed E-state index contributed by atoms with van der Waals surface area (Å²) in [5.41, 5.74) is 0.243. The molecule has 7 rings (SSSR count). The van der Waals surface area contributed by atoms with Gasteiger partial charge in [-0.25, -0.2) is 4.98 Å². The van der Waals surface area contributed by atoms with Gasteiger partial charge in [0.1, 0.15) is 5.82 Å². The van der Waals surface area contributed by atoms with Crippen LogP contribution in [-0.4, -0.2) is 4.98 Å². The summed E-state index contributed by atoms with van der Waals surface area (Å²) in [6, 6.07) is 37.8. The van der Waals surface area contributed by atoms with Crippen molar-refractivity contribution in [3.63, 3.8) is 0 Å². The third-order valence-corrected chi connectivity index (χ3v) is 8.68. The molecule has 0 spiro atoms. The van der Waals surface area contributed by atoms with E-state index in [2.05, 4.69) is 0 Å². The quantitative estimate of drug-likeness (QED) is 0.159. The lowest BCUT2D eigenvalue weighted by molar-refractivity contribution is -0.143. The molecule has 0 aliphatic rings. The van der Waals surface area contributed by atoms with Gasteiger partial charge in [-0.1, -0.05) is 72.8 Å². The van der Waals surface area contributed by atoms with Crippen LogP contribution in [0.3, 0.4) is 0 Å². The van der Waals surface area contributed by atoms with Gasteiger partial charge in [0.25, 0.3) is 0 Å². The molecule has 0 atom stereocenters. The second-order valence-corrected chi connectivity index (χ2v) is 12.2. The van der Waals surface area contributed by atoms with Crippen molar-refractivity contribution in [2.75, 3.05) is 4.90 Å². The van der Waals surface area contributed by atoms with Crippen molar-refractivity contribution in [3.8, 4) is 33.4 Å². The van der Waals surface area contributed by atoms with Crippen LogP contribution < -0.4 is 4.90 Å². The first-order valence-corrected chi connectivity index (χ1v) is 16.1. The van der Waals surface area contributed by atoms with Gasteiger partial charge < -0.3 is 0 Å². The lowest BCUT2D eigenvalue weighted by atomic mass is 9.95. The zero-order valence-corrected chi connectivity index (χ0v) is 27.2. The highest BCUT2D eigenvalue weighted by Crippen LogP contribution is 2.43. The molecular weight excluding hydrogens is 703 g/mol. The second-order valence-electron chi connectivity index (χ2n) is 12.2. The molecule has 0 aliphatic carbocycles. The molecule has 0 amide bonds. The lowest BCUT2D eigenvalue weighted by Crippen LogP contribution is -2.13. The zero-order chi connectivity index (χ0) is 37.5. The molecule has 1 aromatic heterocycles. The van der Waals surface area contributed by atoms with Crippen LogP contribution in [0, 0.1) is 0 Å². The minimum Gasteiger partial charge on any atom is -0.295 e. The third kappa shape index (κ3) is 7.46. The van der Waals surface area contributed by atoms with Gasteiger partial charge in [-0.2, -0.15) is 39.5 Å². The monoisotopic (exact) mass is 728 g/mol. The van der Waals surface area contributed by atoms with Crippen molar-refractivity contribution < 1.29 is 39.5 Å². The van der Waals surface area contributed by atoms with Crippen LogP contribution in [0.2, 0.25) is 0 Å². The molecule has 0 saturated carbocycles. The summed E-state index contributed by atoms with van der Waals surface area (Å²) in [5, 5.41) is 0.749. The largest absolute Gasteiger partial charge is 0.416 e. The van der Waals surface area contributed by atoms with E-state index >= 15 is 0 Å². The first-order chi connectivity index (χ1) is 25.1. The maximum Gasteiger partial charge on any atom is 0.416 e. The van der Waals surface area contributed by atoms with Crippen LogP contribution in [-0.2, 0) is 18.5 Å². The smallest absolute Gasteiger partial charge is 0.295 e. The van der Waals surface area contributed by atoms with E-state index in [0.29, 0.717) is 17.6 Å². The Bertz CT molecular complexity index is 2370. The van der Waals surface area contributed by atoms with Crippen LogP contribution >= 0.6 is 0 Å². The molecule has 0 radical (unpaired) electrons. The van der Waals surface area contributed by atoms with Gasteiger partial charge in [-0.15, -0.1) is 0 Å². The Morgan fingerprint density at radius 3 is 1.51 bits per heavy atom. The van der Waals surface area contributed by atoms with Gasteiger partial charge in [0, 0.05) is 22.3 Å². The van der Waals surface area contributed by atoms with Crippen LogP contribution in [0.15, 0.2) is 152 Å². The molecule has 6 aromatic carbocycles. The topological polar surface area (TPSA) is 16.1 Å². The average molecular weight is 729 g/mol. The lowest BCUT2D eigenvalue weighted by Gasteiger charge is -2.26. The molecule has 0 bridgehead atoms. The highest BCUT2D eigenvalue weighted by Gasteiger charge is 2.37. The number of benzene rings is 6. The molecule has 2 nitrogen and oxygen atoms in total. The normalized spacial score (nSPS) is 12.2. The predicted molar refractivity (Wildman–Crippen MR) is 188 cm³/mol. The average Bonchev–Trinajstić information content (AvgIpc) is 3.14. The Labute approximate surface area is 297 Å². The fourth-order valence-electron chi connectivity index (χ4n) is 6.14. The van der Waals surface area contributed by atoms with Gasteiger partial charge in [-0.05, 0) is 107 Å². The fraction of sp³-hybridized carbons (Fsp3) is 0.0714. The number of hydrogen-bond donors (Lipinski definition) is 0. The van der Waals surface area contributed by atoms with Gasteiger partial charge in [0.15, 0.2) is 0 Å². The van der Waals surface area contributed by atoms with E-state index in [-0.39, 0.29) is 34.4 Å². The second kappa shape index (κ2) is 13.5. The number of fused-ring (bicyclic) bond motifs is 1. The van der Waals surface area contributed by atoms with Crippen molar-refractivity contribution in [1.29, 1.82) is 0 Å². The summed E-state index contributed by atoms with van der Waals surface area (Å²) in [5.74, 6) is 0.235. The molecule has 0 aliphatic heterocycles. The van der Waals surface area contributed by atoms with E-state index < -0.39 is 35.2 Å². The molecule has 266 valence electrons. The van der Waals surface area contributed by atoms with Gasteiger partial charge in [-0.3, -0.25) is 4.90 Å². The number of anilines is 3. The summed E-state index contributed by atoms with van der Waals surface area (Å²) >= 11 is 0. The van der Waals surface area contributed by atoms with E-state index in [1.54, 1.807) is 18.2 Å². The minimum absolute atomic E-state index is 0.00859. The minimum atomic E-state index is -5.06. The SMILES string of the molecule is FC(F)(F)c1ccc(N(c2cccc(-c3cc(C(F)(F)F)cc(C(F)(F)F)c3)c2)c2ccc3cc(-c4ccccc4)cc(-c4ccccc4)c3n2)cc1. The van der Waals surface area contributed by atoms with Crippen LogP contribution in [0.1, 0.15) is 16.7 Å². The Kier molecular flexibility index (Phi) is 8.97. The van der Waals surface area contributed by atoms with Crippen LogP contribution in [0.4, 0.5) is 56.7 Å². The molecule has 0 unspecified atom stereocenters. The van der Waals surface area contributed by atoms with Crippen molar-refractivity contribution in [2.24, 2.45) is 0 Å². The van der Waals surface area contributed by atoms with Crippen LogP contribution in [0.5, 0.6) is 0 Å². The van der Waals surface area contributed by atoms with Crippen molar-refractivity contribution in [3.05, 3.63) is 168 Å². The van der Waals surface area contributed by atoms with Gasteiger partial charge in [0.2, 0.25) is 0 Å². The molecule has 7 aromatic rings. The number of nitrogens with zero attached hydrogens (tertiary/aromatic N) is 2. The van der Waals surface area contributed by atoms with E-state index in [1.165, 1.54) is 35.2 Å². The predicted octanol–water partition coefficient (Wildman–Crippen LogP) is 13.8. The molecule has 0 saturated heterocycles. The Morgan fingerprint density at radius 2 is 0.925 bits per heavy atom. The molecule has 1 heterocycles. The maximum atomic E-state index is 13.8. The van der Waals surface area contributed by atoms with E-state index in [9.17, 15) is 39.5 Å². The summed E-state index contributed by atoms with van der Waals surface area (Å²) in [6.07, 6.45) is -14.8. The number of hydrogen-bond acceptors (Lipinski definition) is 2. The Morgan fingerprint density at radius 1 is 0.377 bits per heavy atom. The fourth-order valence-corrected chi connectivity index (χ4v) is 6.14. The summed E-state index contributed by atoms with van der Waals surface area (Å²) in [4.78, 5) is 6.51. The van der Waals surface area contributed by atoms with E-state index in [0.717, 1.165) is 39.8 Å². The summed E-state index contributed by atoms with van der Waals surface area (Å²) in [6.45, 7) is 0. The number of halogens is 9. The van der Waals surface area contributed by atoms with Gasteiger partial charge >= 0.3 is 18.5 Å². The van der Waals surface area contributed by atoms with E-state index in [1.807, 2.05) is 72.8 Å². The summed E-state index contributed by atoms with van der Waals surface area (Å²) in [7, 11) is 0. The van der Waals surface area contributed by atoms with Gasteiger partial charge in [0.05, 0.1) is 22.2 Å². The maximum absolute atomic E-state index is 13.8. The highest BCUT2D eigenvalue weighted by atomic mass is 19.4. The van der Waals surface area contributed by atoms with Crippen molar-refractivity contribution in [2.45, 2.75) is 18.5 Å².